The molecule has 0 radical (unpaired) electrons. The molecule has 2 aromatic carbocycles. The second-order valence-electron chi connectivity index (χ2n) is 8.37. The summed E-state index contributed by atoms with van der Waals surface area (Å²) in [6.45, 7) is 4.75. The van der Waals surface area contributed by atoms with Crippen LogP contribution in [-0.2, 0) is 6.54 Å². The highest BCUT2D eigenvalue weighted by Gasteiger charge is 2.18. The number of hydrogen-bond donors (Lipinski definition) is 0. The smallest absolute Gasteiger partial charge is 0.253 e. The van der Waals surface area contributed by atoms with Gasteiger partial charge in [0.05, 0.1) is 17.1 Å². The fraction of sp³-hybridized carbons (Fsp3) is 0.269. The Morgan fingerprint density at radius 1 is 1.25 bits per heavy atom. The van der Waals surface area contributed by atoms with E-state index in [0.29, 0.717) is 11.1 Å². The Hall–Kier alpha value is -3.01. The number of carbonyl (C=O) groups is 1. The largest absolute Gasteiger partial charge is 0.345 e. The standard InChI is InChI=1S/C26H25BrN4O/c1-17-12-25-23(24(27)6-9-29-25)14-21(17)16-31-10-7-18(8-11-31)22-5-4-19(13-20(22)15-28)26(32)30(2)3/h4-7,9,12-14H,8,10-11,16H2,1-3H3. The first-order chi connectivity index (χ1) is 15.4. The van der Waals surface area contributed by atoms with E-state index in [-0.39, 0.29) is 5.91 Å². The molecule has 3 aromatic rings. The molecule has 1 amide bonds. The van der Waals surface area contributed by atoms with Gasteiger partial charge in [-0.05, 0) is 65.9 Å². The van der Waals surface area contributed by atoms with Gasteiger partial charge in [0.2, 0.25) is 0 Å². The fourth-order valence-electron chi connectivity index (χ4n) is 4.13. The molecular weight excluding hydrogens is 464 g/mol. The van der Waals surface area contributed by atoms with Gasteiger partial charge in [0.15, 0.2) is 0 Å². The summed E-state index contributed by atoms with van der Waals surface area (Å²) in [5.41, 5.74) is 6.74. The Balaban J connectivity index is 1.53. The van der Waals surface area contributed by atoms with Gasteiger partial charge in [0.25, 0.3) is 5.91 Å². The van der Waals surface area contributed by atoms with Crippen LogP contribution in [0, 0.1) is 18.3 Å². The number of amides is 1. The monoisotopic (exact) mass is 488 g/mol. The molecule has 0 spiro atoms. The summed E-state index contributed by atoms with van der Waals surface area (Å²) in [6, 6.07) is 14.1. The molecule has 1 aliphatic rings. The van der Waals surface area contributed by atoms with Gasteiger partial charge < -0.3 is 4.90 Å². The van der Waals surface area contributed by atoms with E-state index in [0.717, 1.165) is 47.0 Å². The molecule has 0 saturated carbocycles. The Morgan fingerprint density at radius 2 is 2.06 bits per heavy atom. The maximum absolute atomic E-state index is 12.2. The first-order valence-electron chi connectivity index (χ1n) is 10.6. The van der Waals surface area contributed by atoms with Gasteiger partial charge in [-0.3, -0.25) is 14.7 Å². The molecule has 0 aliphatic carbocycles. The molecule has 1 aliphatic heterocycles. The van der Waals surface area contributed by atoms with Crippen molar-refractivity contribution in [3.05, 3.63) is 81.0 Å². The van der Waals surface area contributed by atoms with Crippen LogP contribution >= 0.6 is 15.9 Å². The molecule has 0 N–H and O–H groups in total. The zero-order chi connectivity index (χ0) is 22.8. The summed E-state index contributed by atoms with van der Waals surface area (Å²) < 4.78 is 1.06. The Bertz CT molecular complexity index is 1270. The molecule has 0 saturated heterocycles. The minimum absolute atomic E-state index is 0.0931. The van der Waals surface area contributed by atoms with Gasteiger partial charge in [0, 0.05) is 55.3 Å². The number of rotatable bonds is 4. The molecule has 4 rings (SSSR count). The van der Waals surface area contributed by atoms with Crippen molar-refractivity contribution in [3.63, 3.8) is 0 Å². The lowest BCUT2D eigenvalue weighted by Gasteiger charge is -2.27. The summed E-state index contributed by atoms with van der Waals surface area (Å²) in [5, 5.41) is 10.8. The van der Waals surface area contributed by atoms with E-state index >= 15 is 0 Å². The number of hydrogen-bond acceptors (Lipinski definition) is 4. The maximum atomic E-state index is 12.2. The average Bonchev–Trinajstić information content (AvgIpc) is 2.79. The lowest BCUT2D eigenvalue weighted by Crippen LogP contribution is -2.28. The van der Waals surface area contributed by atoms with E-state index in [1.165, 1.54) is 21.6 Å². The van der Waals surface area contributed by atoms with Crippen LogP contribution in [0.4, 0.5) is 0 Å². The number of aryl methyl sites for hydroxylation is 1. The third-order valence-corrected chi connectivity index (χ3v) is 6.66. The predicted molar refractivity (Wildman–Crippen MR) is 131 cm³/mol. The molecule has 6 heteroatoms. The van der Waals surface area contributed by atoms with E-state index in [2.05, 4.69) is 57.0 Å². The van der Waals surface area contributed by atoms with Crippen LogP contribution < -0.4 is 0 Å². The number of pyridine rings is 1. The van der Waals surface area contributed by atoms with Crippen molar-refractivity contribution in [1.29, 1.82) is 5.26 Å². The fourth-order valence-corrected chi connectivity index (χ4v) is 4.56. The second-order valence-corrected chi connectivity index (χ2v) is 9.23. The van der Waals surface area contributed by atoms with Crippen molar-refractivity contribution in [1.82, 2.24) is 14.8 Å². The van der Waals surface area contributed by atoms with Crippen LogP contribution in [0.5, 0.6) is 0 Å². The van der Waals surface area contributed by atoms with Gasteiger partial charge in [-0.1, -0.05) is 28.1 Å². The van der Waals surface area contributed by atoms with Crippen molar-refractivity contribution in [2.24, 2.45) is 0 Å². The van der Waals surface area contributed by atoms with Gasteiger partial charge in [0.1, 0.15) is 0 Å². The van der Waals surface area contributed by atoms with Crippen LogP contribution in [-0.4, -0.2) is 47.9 Å². The number of aromatic nitrogens is 1. The summed E-state index contributed by atoms with van der Waals surface area (Å²) >= 11 is 3.64. The molecule has 32 heavy (non-hydrogen) atoms. The molecular formula is C26H25BrN4O. The number of halogens is 1. The Morgan fingerprint density at radius 3 is 2.75 bits per heavy atom. The van der Waals surface area contributed by atoms with Crippen LogP contribution in [0.15, 0.2) is 53.1 Å². The van der Waals surface area contributed by atoms with Crippen LogP contribution in [0.2, 0.25) is 0 Å². The molecule has 0 fully saturated rings. The molecule has 162 valence electrons. The van der Waals surface area contributed by atoms with Gasteiger partial charge in [-0.25, -0.2) is 0 Å². The molecule has 0 bridgehead atoms. The van der Waals surface area contributed by atoms with Crippen molar-refractivity contribution in [3.8, 4) is 6.07 Å². The highest BCUT2D eigenvalue weighted by Crippen LogP contribution is 2.29. The number of nitrogens with zero attached hydrogens (tertiary/aromatic N) is 4. The minimum atomic E-state index is -0.0931. The zero-order valence-corrected chi connectivity index (χ0v) is 20.1. The van der Waals surface area contributed by atoms with Crippen LogP contribution in [0.1, 0.15) is 39.0 Å². The Kier molecular flexibility index (Phi) is 6.40. The maximum Gasteiger partial charge on any atom is 0.253 e. The SMILES string of the molecule is Cc1cc2nccc(Br)c2cc1CN1CC=C(c2ccc(C(=O)N(C)C)cc2C#N)CC1. The van der Waals surface area contributed by atoms with E-state index in [1.54, 1.807) is 20.2 Å². The van der Waals surface area contributed by atoms with Crippen molar-refractivity contribution in [2.45, 2.75) is 19.9 Å². The highest BCUT2D eigenvalue weighted by atomic mass is 79.9. The quantitative estimate of drug-likeness (QED) is 0.508. The van der Waals surface area contributed by atoms with Crippen LogP contribution in [0.25, 0.3) is 16.5 Å². The summed E-state index contributed by atoms with van der Waals surface area (Å²) in [4.78, 5) is 20.6. The molecule has 5 nitrogen and oxygen atoms in total. The molecule has 0 unspecified atom stereocenters. The third kappa shape index (κ3) is 4.45. The minimum Gasteiger partial charge on any atom is -0.345 e. The number of nitriles is 1. The molecule has 2 heterocycles. The van der Waals surface area contributed by atoms with Crippen molar-refractivity contribution in [2.75, 3.05) is 27.2 Å². The molecule has 1 aromatic heterocycles. The zero-order valence-electron chi connectivity index (χ0n) is 18.5. The van der Waals surface area contributed by atoms with Crippen LogP contribution in [0.3, 0.4) is 0 Å². The lowest BCUT2D eigenvalue weighted by atomic mass is 9.93. The van der Waals surface area contributed by atoms with Gasteiger partial charge in [-0.2, -0.15) is 5.26 Å². The third-order valence-electron chi connectivity index (χ3n) is 5.97. The predicted octanol–water partition coefficient (Wildman–Crippen LogP) is 5.17. The lowest BCUT2D eigenvalue weighted by molar-refractivity contribution is 0.0827. The molecule has 0 atom stereocenters. The van der Waals surface area contributed by atoms with E-state index in [1.807, 2.05) is 24.4 Å². The summed E-state index contributed by atoms with van der Waals surface area (Å²) in [5.74, 6) is -0.0931. The normalized spacial score (nSPS) is 14.2. The van der Waals surface area contributed by atoms with Crippen molar-refractivity contribution < 1.29 is 4.79 Å². The highest BCUT2D eigenvalue weighted by molar-refractivity contribution is 9.10. The summed E-state index contributed by atoms with van der Waals surface area (Å²) in [7, 11) is 3.43. The van der Waals surface area contributed by atoms with Gasteiger partial charge >= 0.3 is 0 Å². The topological polar surface area (TPSA) is 60.2 Å². The number of benzene rings is 2. The van der Waals surface area contributed by atoms with E-state index in [4.69, 9.17) is 0 Å². The van der Waals surface area contributed by atoms with Crippen molar-refractivity contribution >= 4 is 38.3 Å². The van der Waals surface area contributed by atoms with E-state index in [9.17, 15) is 10.1 Å². The summed E-state index contributed by atoms with van der Waals surface area (Å²) in [6.07, 6.45) is 4.90. The number of fused-ring (bicyclic) bond motifs is 1. The second kappa shape index (κ2) is 9.23. The van der Waals surface area contributed by atoms with Gasteiger partial charge in [-0.15, -0.1) is 0 Å². The first-order valence-corrected chi connectivity index (χ1v) is 11.4. The van der Waals surface area contributed by atoms with E-state index < -0.39 is 0 Å². The first kappa shape index (κ1) is 22.2. The Labute approximate surface area is 197 Å². The average molecular weight is 489 g/mol. The number of carbonyl (C=O) groups excluding carboxylic acids is 1.